The van der Waals surface area contributed by atoms with Crippen molar-refractivity contribution in [2.75, 3.05) is 0 Å². The third kappa shape index (κ3) is 4.74. The van der Waals surface area contributed by atoms with Gasteiger partial charge in [-0.15, -0.1) is 0 Å². The summed E-state index contributed by atoms with van der Waals surface area (Å²) in [6.07, 6.45) is -7.20. The number of carbonyl (C=O) groups is 1. The third-order valence-corrected chi connectivity index (χ3v) is 5.54. The van der Waals surface area contributed by atoms with Crippen LogP contribution in [0.15, 0.2) is 36.4 Å². The number of hydrogen-bond acceptors (Lipinski definition) is 5. The van der Waals surface area contributed by atoms with Gasteiger partial charge in [-0.25, -0.2) is 0 Å². The molecule has 34 heavy (non-hydrogen) atoms. The van der Waals surface area contributed by atoms with Gasteiger partial charge in [-0.2, -0.15) is 47.9 Å². The van der Waals surface area contributed by atoms with Crippen LogP contribution in [0.4, 0.5) is 39.5 Å². The topological polar surface area (TPSA) is 69.7 Å². The lowest BCUT2D eigenvalue weighted by Crippen LogP contribution is -2.63. The highest BCUT2D eigenvalue weighted by Crippen LogP contribution is 2.55. The average molecular weight is 526 g/mol. The largest absolute Gasteiger partial charge is 0.460 e. The molecule has 0 fully saturated rings. The van der Waals surface area contributed by atoms with Gasteiger partial charge in [-0.3, -0.25) is 4.79 Å². The first-order valence-corrected chi connectivity index (χ1v) is 10.4. The Kier molecular flexibility index (Phi) is 6.64. The monoisotopic (exact) mass is 526 g/mol. The summed E-state index contributed by atoms with van der Waals surface area (Å²) >= 11 is 0. The molecular formula is C19H15F9O5S. The van der Waals surface area contributed by atoms with Crippen molar-refractivity contribution in [2.24, 2.45) is 5.41 Å². The molecule has 0 aliphatic heterocycles. The highest BCUT2D eigenvalue weighted by atomic mass is 32.2. The molecule has 0 spiro atoms. The maximum atomic E-state index is 13.8. The van der Waals surface area contributed by atoms with Crippen LogP contribution in [-0.2, 0) is 14.9 Å². The van der Waals surface area contributed by atoms with Gasteiger partial charge < -0.3 is 8.92 Å². The van der Waals surface area contributed by atoms with Crippen LogP contribution in [0.3, 0.4) is 0 Å². The van der Waals surface area contributed by atoms with E-state index in [2.05, 4.69) is 4.18 Å². The molecule has 0 aromatic heterocycles. The Balaban J connectivity index is 2.43. The van der Waals surface area contributed by atoms with E-state index in [0.717, 1.165) is 12.1 Å². The van der Waals surface area contributed by atoms with E-state index < -0.39 is 50.5 Å². The summed E-state index contributed by atoms with van der Waals surface area (Å²) in [7, 11) is -7.08. The molecule has 190 valence electrons. The fourth-order valence-corrected chi connectivity index (χ4v) is 3.18. The zero-order chi connectivity index (χ0) is 26.5. The summed E-state index contributed by atoms with van der Waals surface area (Å²) in [5.74, 6) is -16.7. The summed E-state index contributed by atoms with van der Waals surface area (Å²) in [5, 5.41) is -6.75. The zero-order valence-corrected chi connectivity index (χ0v) is 18.1. The van der Waals surface area contributed by atoms with Crippen LogP contribution in [-0.4, -0.2) is 37.7 Å². The van der Waals surface area contributed by atoms with Gasteiger partial charge in [0, 0.05) is 0 Å². The predicted molar refractivity (Wildman–Crippen MR) is 99.5 cm³/mol. The summed E-state index contributed by atoms with van der Waals surface area (Å²) in [6.45, 7) is 4.60. The maximum absolute atomic E-state index is 13.8. The van der Waals surface area contributed by atoms with Gasteiger partial charge in [0.15, 0.2) is 0 Å². The average Bonchev–Trinajstić information content (AvgIpc) is 2.65. The summed E-state index contributed by atoms with van der Waals surface area (Å²) in [4.78, 5) is 12.0. The molecule has 0 bridgehead atoms. The zero-order valence-electron chi connectivity index (χ0n) is 17.3. The second kappa shape index (κ2) is 8.20. The molecule has 0 aliphatic rings. The van der Waals surface area contributed by atoms with E-state index in [1.807, 2.05) is 0 Å². The number of rotatable bonds is 6. The number of esters is 1. The molecule has 0 N–H and O–H groups in total. The molecular weight excluding hydrogens is 511 g/mol. The second-order valence-electron chi connectivity index (χ2n) is 8.01. The minimum atomic E-state index is -7.41. The van der Waals surface area contributed by atoms with Crippen molar-refractivity contribution >= 4 is 26.9 Å². The highest BCUT2D eigenvalue weighted by molar-refractivity contribution is 7.88. The van der Waals surface area contributed by atoms with Crippen LogP contribution in [0.5, 0.6) is 11.5 Å². The SMILES string of the molecule is CC(C)(C)C(=O)Oc1ccc2ccc(OS(=O)(=O)C(F)(F)C(F)(F)C(F)(F)C(F)(F)F)cc2c1. The Morgan fingerprint density at radius 2 is 1.21 bits per heavy atom. The first-order valence-electron chi connectivity index (χ1n) is 8.95. The summed E-state index contributed by atoms with van der Waals surface area (Å²) in [5.41, 5.74) is -0.927. The lowest BCUT2D eigenvalue weighted by molar-refractivity contribution is -0.382. The fraction of sp³-hybridized carbons (Fsp3) is 0.421. The smallest absolute Gasteiger partial charge is 0.426 e. The Morgan fingerprint density at radius 3 is 1.68 bits per heavy atom. The van der Waals surface area contributed by atoms with Gasteiger partial charge in [-0.05, 0) is 55.8 Å². The molecule has 0 unspecified atom stereocenters. The Morgan fingerprint density at radius 1 is 0.735 bits per heavy atom. The van der Waals surface area contributed by atoms with E-state index in [0.29, 0.717) is 12.1 Å². The minimum absolute atomic E-state index is 0.0393. The highest BCUT2D eigenvalue weighted by Gasteiger charge is 2.86. The molecule has 0 heterocycles. The standard InChI is InChI=1S/C19H15F9O5S/c1-15(2,3)14(29)32-12-6-4-10-5-7-13(9-11(10)8-12)33-34(30,31)19(27,28)17(22,23)16(20,21)18(24,25)26/h4-9H,1-3H3. The van der Waals surface area contributed by atoms with Crippen molar-refractivity contribution in [3.8, 4) is 11.5 Å². The number of fused-ring (bicyclic) bond motifs is 1. The molecule has 0 amide bonds. The van der Waals surface area contributed by atoms with E-state index in [4.69, 9.17) is 4.74 Å². The number of halogens is 9. The quantitative estimate of drug-likeness (QED) is 0.202. The molecule has 0 radical (unpaired) electrons. The van der Waals surface area contributed by atoms with Gasteiger partial charge in [0.05, 0.1) is 5.41 Å². The van der Waals surface area contributed by atoms with E-state index >= 15 is 0 Å². The van der Waals surface area contributed by atoms with E-state index in [1.165, 1.54) is 32.9 Å². The third-order valence-electron chi connectivity index (χ3n) is 4.24. The Labute approximate surface area is 186 Å². The first-order chi connectivity index (χ1) is 15.0. The van der Waals surface area contributed by atoms with Gasteiger partial charge in [0.2, 0.25) is 0 Å². The number of carbonyl (C=O) groups excluding carboxylic acids is 1. The van der Waals surface area contributed by atoms with Crippen LogP contribution >= 0.6 is 0 Å². The summed E-state index contributed by atoms with van der Waals surface area (Å²) in [6, 6.07) is 6.15. The van der Waals surface area contributed by atoms with Gasteiger partial charge in [0.1, 0.15) is 11.5 Å². The van der Waals surface area contributed by atoms with Gasteiger partial charge in [-0.1, -0.05) is 12.1 Å². The predicted octanol–water partition coefficient (Wildman–Crippen LogP) is 5.93. The first kappa shape index (κ1) is 27.5. The van der Waals surface area contributed by atoms with Gasteiger partial charge in [0.25, 0.3) is 0 Å². The number of hydrogen-bond donors (Lipinski definition) is 0. The number of alkyl halides is 9. The lowest BCUT2D eigenvalue weighted by Gasteiger charge is -2.32. The van der Waals surface area contributed by atoms with Gasteiger partial charge >= 0.3 is 39.4 Å². The number of benzene rings is 2. The molecule has 2 aromatic rings. The lowest BCUT2D eigenvalue weighted by atomic mass is 9.97. The number of ether oxygens (including phenoxy) is 1. The van der Waals surface area contributed by atoms with Crippen LogP contribution in [0.1, 0.15) is 20.8 Å². The van der Waals surface area contributed by atoms with Crippen molar-refractivity contribution in [2.45, 2.75) is 44.0 Å². The Bertz CT molecular complexity index is 1200. The maximum Gasteiger partial charge on any atom is 0.460 e. The van der Waals surface area contributed by atoms with Crippen molar-refractivity contribution in [3.63, 3.8) is 0 Å². The molecule has 0 saturated heterocycles. The van der Waals surface area contributed by atoms with Crippen molar-refractivity contribution in [3.05, 3.63) is 36.4 Å². The van der Waals surface area contributed by atoms with Crippen LogP contribution in [0.2, 0.25) is 0 Å². The van der Waals surface area contributed by atoms with E-state index in [-0.39, 0.29) is 16.5 Å². The minimum Gasteiger partial charge on any atom is -0.426 e. The van der Waals surface area contributed by atoms with Crippen LogP contribution < -0.4 is 8.92 Å². The molecule has 2 aromatic carbocycles. The Hall–Kier alpha value is -2.71. The van der Waals surface area contributed by atoms with Crippen molar-refractivity contribution in [1.29, 1.82) is 0 Å². The molecule has 5 nitrogen and oxygen atoms in total. The normalized spacial score (nSPS) is 14.2. The summed E-state index contributed by atoms with van der Waals surface area (Å²) < 4.78 is 149. The molecule has 15 heteroatoms. The second-order valence-corrected chi connectivity index (χ2v) is 9.60. The molecule has 0 atom stereocenters. The van der Waals surface area contributed by atoms with Crippen LogP contribution in [0.25, 0.3) is 10.8 Å². The molecule has 0 saturated carbocycles. The molecule has 0 aliphatic carbocycles. The fourth-order valence-electron chi connectivity index (χ4n) is 2.28. The van der Waals surface area contributed by atoms with E-state index in [9.17, 15) is 52.7 Å². The van der Waals surface area contributed by atoms with Crippen molar-refractivity contribution < 1.29 is 61.6 Å². The van der Waals surface area contributed by atoms with E-state index in [1.54, 1.807) is 0 Å². The van der Waals surface area contributed by atoms with Crippen LogP contribution in [0, 0.1) is 5.41 Å². The van der Waals surface area contributed by atoms with Crippen molar-refractivity contribution in [1.82, 2.24) is 0 Å². The molecule has 2 rings (SSSR count).